The second-order valence-electron chi connectivity index (χ2n) is 6.38. The summed E-state index contributed by atoms with van der Waals surface area (Å²) in [4.78, 5) is 11.7. The van der Waals surface area contributed by atoms with E-state index in [4.69, 9.17) is 4.74 Å². The molecule has 0 unspecified atom stereocenters. The van der Waals surface area contributed by atoms with Crippen LogP contribution < -0.4 is 0 Å². The van der Waals surface area contributed by atoms with Gasteiger partial charge in [0.25, 0.3) is 0 Å². The summed E-state index contributed by atoms with van der Waals surface area (Å²) in [6.07, 6.45) is 4.21. The molecule has 0 fully saturated rings. The maximum absolute atomic E-state index is 11.7. The minimum absolute atomic E-state index is 0.0364. The highest BCUT2D eigenvalue weighted by atomic mass is 16.5. The predicted molar refractivity (Wildman–Crippen MR) is 99.4 cm³/mol. The minimum Gasteiger partial charge on any atom is -0.435 e. The highest BCUT2D eigenvalue weighted by Crippen LogP contribution is 2.34. The number of carbonyl (C=O) groups is 1. The van der Waals surface area contributed by atoms with Crippen LogP contribution in [0.15, 0.2) is 79.6 Å². The standard InChI is InChI=1S/C22H24O2/c1-4-24-21(23)16-15-19(18-11-7-5-8-12-18)17-22(2,3)20-13-9-6-10-14-20/h4-15H,1,16-17H2,2-3H3/b19-15-. The molecule has 0 aliphatic heterocycles. The molecule has 0 N–H and O–H groups in total. The van der Waals surface area contributed by atoms with Crippen LogP contribution in [0.2, 0.25) is 0 Å². The van der Waals surface area contributed by atoms with Crippen molar-refractivity contribution in [1.82, 2.24) is 0 Å². The second kappa shape index (κ2) is 8.30. The van der Waals surface area contributed by atoms with E-state index >= 15 is 0 Å². The summed E-state index contributed by atoms with van der Waals surface area (Å²) in [7, 11) is 0. The molecule has 0 radical (unpaired) electrons. The Hall–Kier alpha value is -2.61. The second-order valence-corrected chi connectivity index (χ2v) is 6.38. The molecule has 0 saturated carbocycles. The fraction of sp³-hybridized carbons (Fsp3) is 0.227. The van der Waals surface area contributed by atoms with Gasteiger partial charge in [-0.05, 0) is 28.5 Å². The average Bonchev–Trinajstić information content (AvgIpc) is 2.60. The van der Waals surface area contributed by atoms with Crippen molar-refractivity contribution in [2.75, 3.05) is 0 Å². The first-order valence-corrected chi connectivity index (χ1v) is 8.13. The topological polar surface area (TPSA) is 26.3 Å². The Morgan fingerprint density at radius 1 is 1.04 bits per heavy atom. The van der Waals surface area contributed by atoms with E-state index in [0.717, 1.165) is 17.6 Å². The highest BCUT2D eigenvalue weighted by molar-refractivity contribution is 5.76. The number of carbonyl (C=O) groups excluding carboxylic acids is 1. The first-order valence-electron chi connectivity index (χ1n) is 8.13. The number of rotatable bonds is 7. The van der Waals surface area contributed by atoms with E-state index in [9.17, 15) is 4.79 Å². The lowest BCUT2D eigenvalue weighted by Gasteiger charge is -2.27. The molecular weight excluding hydrogens is 296 g/mol. The van der Waals surface area contributed by atoms with Crippen LogP contribution in [0.5, 0.6) is 0 Å². The van der Waals surface area contributed by atoms with Crippen molar-refractivity contribution in [2.45, 2.75) is 32.1 Å². The van der Waals surface area contributed by atoms with Crippen LogP contribution >= 0.6 is 0 Å². The summed E-state index contributed by atoms with van der Waals surface area (Å²) in [5, 5.41) is 0. The van der Waals surface area contributed by atoms with E-state index < -0.39 is 0 Å². The Bertz CT molecular complexity index is 697. The molecule has 2 aromatic carbocycles. The molecule has 0 bridgehead atoms. The first-order chi connectivity index (χ1) is 11.5. The Labute approximate surface area is 144 Å². The molecule has 0 aromatic heterocycles. The minimum atomic E-state index is -0.295. The molecule has 0 aliphatic carbocycles. The lowest BCUT2D eigenvalue weighted by molar-refractivity contribution is -0.136. The van der Waals surface area contributed by atoms with Crippen molar-refractivity contribution in [3.63, 3.8) is 0 Å². The summed E-state index contributed by atoms with van der Waals surface area (Å²) in [5.41, 5.74) is 3.52. The van der Waals surface area contributed by atoms with Crippen LogP contribution in [0.3, 0.4) is 0 Å². The maximum atomic E-state index is 11.7. The van der Waals surface area contributed by atoms with Crippen LogP contribution in [0, 0.1) is 0 Å². The monoisotopic (exact) mass is 320 g/mol. The van der Waals surface area contributed by atoms with Crippen molar-refractivity contribution >= 4 is 11.5 Å². The van der Waals surface area contributed by atoms with Gasteiger partial charge in [0.2, 0.25) is 0 Å². The summed E-state index contributed by atoms with van der Waals surface area (Å²) >= 11 is 0. The predicted octanol–water partition coefficient (Wildman–Crippen LogP) is 5.51. The number of allylic oxidation sites excluding steroid dienone is 1. The smallest absolute Gasteiger partial charge is 0.314 e. The molecule has 2 rings (SSSR count). The zero-order valence-corrected chi connectivity index (χ0v) is 14.4. The van der Waals surface area contributed by atoms with E-state index in [-0.39, 0.29) is 17.8 Å². The van der Waals surface area contributed by atoms with Gasteiger partial charge in [-0.2, -0.15) is 0 Å². The average molecular weight is 320 g/mol. The van der Waals surface area contributed by atoms with Crippen LogP contribution in [-0.4, -0.2) is 5.97 Å². The SMILES string of the molecule is C=COC(=O)C/C=C(/CC(C)(C)c1ccccc1)c1ccccc1. The Kier molecular flexibility index (Phi) is 6.14. The summed E-state index contributed by atoms with van der Waals surface area (Å²) in [6, 6.07) is 20.6. The molecule has 0 atom stereocenters. The molecule has 0 spiro atoms. The number of benzene rings is 2. The number of hydrogen-bond donors (Lipinski definition) is 0. The third-order valence-electron chi connectivity index (χ3n) is 4.06. The molecule has 2 nitrogen and oxygen atoms in total. The number of esters is 1. The van der Waals surface area contributed by atoms with E-state index in [1.54, 1.807) is 0 Å². The molecule has 0 saturated heterocycles. The van der Waals surface area contributed by atoms with Crippen LogP contribution in [0.1, 0.15) is 37.8 Å². The lowest BCUT2D eigenvalue weighted by Crippen LogP contribution is -2.17. The zero-order chi connectivity index (χ0) is 17.4. The van der Waals surface area contributed by atoms with Crippen molar-refractivity contribution in [2.24, 2.45) is 0 Å². The summed E-state index contributed by atoms with van der Waals surface area (Å²) < 4.78 is 4.82. The third kappa shape index (κ3) is 4.95. The normalized spacial score (nSPS) is 11.8. The Balaban J connectivity index is 2.27. The molecule has 24 heavy (non-hydrogen) atoms. The number of ether oxygens (including phenoxy) is 1. The fourth-order valence-corrected chi connectivity index (χ4v) is 2.76. The molecule has 2 aromatic rings. The van der Waals surface area contributed by atoms with Gasteiger partial charge in [-0.15, -0.1) is 0 Å². The van der Waals surface area contributed by atoms with Gasteiger partial charge in [0.1, 0.15) is 0 Å². The summed E-state index contributed by atoms with van der Waals surface area (Å²) in [6.45, 7) is 7.87. The largest absolute Gasteiger partial charge is 0.435 e. The molecular formula is C22H24O2. The Morgan fingerprint density at radius 3 is 2.21 bits per heavy atom. The van der Waals surface area contributed by atoms with E-state index in [1.165, 1.54) is 11.8 Å². The molecule has 0 heterocycles. The van der Waals surface area contributed by atoms with Crippen molar-refractivity contribution in [1.29, 1.82) is 0 Å². The van der Waals surface area contributed by atoms with Gasteiger partial charge in [-0.1, -0.05) is 87.2 Å². The van der Waals surface area contributed by atoms with Gasteiger partial charge in [0, 0.05) is 0 Å². The van der Waals surface area contributed by atoms with Gasteiger partial charge in [-0.25, -0.2) is 0 Å². The van der Waals surface area contributed by atoms with Gasteiger partial charge in [0.15, 0.2) is 0 Å². The van der Waals surface area contributed by atoms with Crippen LogP contribution in [0.25, 0.3) is 5.57 Å². The lowest BCUT2D eigenvalue weighted by atomic mass is 9.77. The van der Waals surface area contributed by atoms with Crippen molar-refractivity contribution < 1.29 is 9.53 Å². The molecule has 0 amide bonds. The van der Waals surface area contributed by atoms with E-state index in [2.05, 4.69) is 56.8 Å². The maximum Gasteiger partial charge on any atom is 0.314 e. The summed E-state index contributed by atoms with van der Waals surface area (Å²) in [5.74, 6) is -0.295. The van der Waals surface area contributed by atoms with Gasteiger partial charge in [-0.3, -0.25) is 4.79 Å². The van der Waals surface area contributed by atoms with Gasteiger partial charge >= 0.3 is 5.97 Å². The quantitative estimate of drug-likeness (QED) is 0.496. The molecule has 0 aliphatic rings. The van der Waals surface area contributed by atoms with Crippen molar-refractivity contribution in [3.8, 4) is 0 Å². The zero-order valence-electron chi connectivity index (χ0n) is 14.4. The molecule has 2 heteroatoms. The van der Waals surface area contributed by atoms with Crippen LogP contribution in [0.4, 0.5) is 0 Å². The van der Waals surface area contributed by atoms with Crippen molar-refractivity contribution in [3.05, 3.63) is 90.7 Å². The van der Waals surface area contributed by atoms with Crippen LogP contribution in [-0.2, 0) is 14.9 Å². The van der Waals surface area contributed by atoms with Gasteiger partial charge in [0.05, 0.1) is 12.7 Å². The first kappa shape index (κ1) is 17.7. The highest BCUT2D eigenvalue weighted by Gasteiger charge is 2.22. The molecule has 124 valence electrons. The third-order valence-corrected chi connectivity index (χ3v) is 4.06. The van der Waals surface area contributed by atoms with Gasteiger partial charge < -0.3 is 4.74 Å². The van der Waals surface area contributed by atoms with E-state index in [0.29, 0.717) is 0 Å². The fourth-order valence-electron chi connectivity index (χ4n) is 2.76. The number of hydrogen-bond acceptors (Lipinski definition) is 2. The Morgan fingerprint density at radius 2 is 1.62 bits per heavy atom. The van der Waals surface area contributed by atoms with E-state index in [1.807, 2.05) is 30.3 Å².